The highest BCUT2D eigenvalue weighted by atomic mass is 19.3. The molecule has 4 rings (SSSR count). The first-order valence-corrected chi connectivity index (χ1v) is 9.25. The van der Waals surface area contributed by atoms with Crippen molar-refractivity contribution in [3.05, 3.63) is 47.4 Å². The Balaban J connectivity index is 1.48. The maximum atomic E-state index is 13.9. The van der Waals surface area contributed by atoms with Gasteiger partial charge >= 0.3 is 0 Å². The number of halogens is 3. The number of piperazine rings is 1. The molecular formula is C19H22F3N5. The number of alkyl halides is 2. The molecule has 5 nitrogen and oxygen atoms in total. The summed E-state index contributed by atoms with van der Waals surface area (Å²) >= 11 is 0. The van der Waals surface area contributed by atoms with Crippen LogP contribution < -0.4 is 4.90 Å². The van der Waals surface area contributed by atoms with Crippen LogP contribution in [0.25, 0.3) is 0 Å². The smallest absolute Gasteiger partial charge is 0.280 e. The van der Waals surface area contributed by atoms with Gasteiger partial charge < -0.3 is 4.90 Å². The van der Waals surface area contributed by atoms with Crippen LogP contribution in [0.3, 0.4) is 0 Å². The van der Waals surface area contributed by atoms with Crippen molar-refractivity contribution in [2.75, 3.05) is 24.5 Å². The normalized spacial score (nSPS) is 21.1. The fraction of sp³-hybridized carbons (Fsp3) is 0.526. The lowest BCUT2D eigenvalue weighted by molar-refractivity contribution is 0.145. The summed E-state index contributed by atoms with van der Waals surface area (Å²) in [6.07, 6.45) is 2.15. The van der Waals surface area contributed by atoms with E-state index in [9.17, 15) is 13.2 Å². The number of aromatic nitrogens is 3. The molecule has 0 bridgehead atoms. The van der Waals surface area contributed by atoms with E-state index >= 15 is 0 Å². The van der Waals surface area contributed by atoms with E-state index in [0.717, 1.165) is 12.8 Å². The van der Waals surface area contributed by atoms with Crippen molar-refractivity contribution >= 4 is 5.82 Å². The second-order valence-electron chi connectivity index (χ2n) is 7.32. The third-order valence-corrected chi connectivity index (χ3v) is 5.23. The number of nitrogens with zero attached hydrogens (tertiary/aromatic N) is 5. The number of hydrogen-bond acceptors (Lipinski definition) is 5. The van der Waals surface area contributed by atoms with Crippen molar-refractivity contribution in [2.24, 2.45) is 0 Å². The summed E-state index contributed by atoms with van der Waals surface area (Å²) in [6, 6.07) is 3.23. The Hall–Kier alpha value is -2.22. The van der Waals surface area contributed by atoms with E-state index in [1.807, 2.05) is 4.90 Å². The summed E-state index contributed by atoms with van der Waals surface area (Å²) in [5.41, 5.74) is 0.416. The number of anilines is 1. The van der Waals surface area contributed by atoms with Crippen LogP contribution in [0.15, 0.2) is 24.5 Å². The Kier molecular flexibility index (Phi) is 4.99. The summed E-state index contributed by atoms with van der Waals surface area (Å²) in [5, 5.41) is 0. The molecule has 2 aromatic rings. The zero-order valence-corrected chi connectivity index (χ0v) is 15.2. The second-order valence-corrected chi connectivity index (χ2v) is 7.32. The summed E-state index contributed by atoms with van der Waals surface area (Å²) < 4.78 is 40.4. The number of hydrogen-bond donors (Lipinski definition) is 0. The summed E-state index contributed by atoms with van der Waals surface area (Å²) in [7, 11) is 0. The highest BCUT2D eigenvalue weighted by Crippen LogP contribution is 2.39. The van der Waals surface area contributed by atoms with Gasteiger partial charge in [0.2, 0.25) is 0 Å². The van der Waals surface area contributed by atoms with Gasteiger partial charge in [-0.2, -0.15) is 0 Å². The Bertz CT molecular complexity index is 791. The molecule has 0 N–H and O–H groups in total. The molecule has 1 aliphatic carbocycles. The molecule has 1 saturated carbocycles. The minimum atomic E-state index is -2.60. The van der Waals surface area contributed by atoms with Gasteiger partial charge in [0, 0.05) is 56.0 Å². The van der Waals surface area contributed by atoms with E-state index in [-0.39, 0.29) is 23.5 Å². The molecule has 0 aromatic carbocycles. The largest absolute Gasteiger partial charge is 0.354 e. The van der Waals surface area contributed by atoms with E-state index in [1.165, 1.54) is 12.3 Å². The van der Waals surface area contributed by atoms with Gasteiger partial charge in [0.1, 0.15) is 23.2 Å². The molecule has 1 unspecified atom stereocenters. The Morgan fingerprint density at radius 2 is 2.04 bits per heavy atom. The fourth-order valence-corrected chi connectivity index (χ4v) is 3.46. The molecule has 1 atom stereocenters. The van der Waals surface area contributed by atoms with E-state index in [4.69, 9.17) is 0 Å². The standard InChI is InChI=1S/C19H22F3N5/c1-12-10-27(7-6-26(12)11-14-4-5-23-9-15(14)20)17-8-16(18(21)22)24-19(25-17)13-2-3-13/h4-5,8-9,12-13,18H,2-3,6-7,10-11H2,1H3. The highest BCUT2D eigenvalue weighted by molar-refractivity contribution is 5.42. The first-order chi connectivity index (χ1) is 13.0. The number of rotatable bonds is 5. The van der Waals surface area contributed by atoms with E-state index in [0.29, 0.717) is 43.4 Å². The quantitative estimate of drug-likeness (QED) is 0.798. The van der Waals surface area contributed by atoms with Crippen LogP contribution in [0.4, 0.5) is 19.0 Å². The van der Waals surface area contributed by atoms with Crippen LogP contribution in [-0.4, -0.2) is 45.5 Å². The lowest BCUT2D eigenvalue weighted by atomic mass is 10.1. The van der Waals surface area contributed by atoms with Crippen molar-refractivity contribution in [1.82, 2.24) is 19.9 Å². The zero-order chi connectivity index (χ0) is 19.0. The maximum Gasteiger partial charge on any atom is 0.280 e. The van der Waals surface area contributed by atoms with Gasteiger partial charge in [0.15, 0.2) is 0 Å². The van der Waals surface area contributed by atoms with Gasteiger partial charge in [-0.3, -0.25) is 9.88 Å². The molecule has 0 amide bonds. The van der Waals surface area contributed by atoms with Crippen LogP contribution in [0.5, 0.6) is 0 Å². The predicted octanol–water partition coefficient (Wildman–Crippen LogP) is 3.54. The molecule has 2 aromatic heterocycles. The highest BCUT2D eigenvalue weighted by Gasteiger charge is 2.31. The third kappa shape index (κ3) is 4.05. The van der Waals surface area contributed by atoms with Crippen LogP contribution in [0.2, 0.25) is 0 Å². The molecule has 2 aliphatic rings. The minimum Gasteiger partial charge on any atom is -0.354 e. The van der Waals surface area contributed by atoms with Crippen molar-refractivity contribution in [2.45, 2.75) is 44.7 Å². The van der Waals surface area contributed by atoms with Gasteiger partial charge in [0.05, 0.1) is 6.20 Å². The van der Waals surface area contributed by atoms with Crippen molar-refractivity contribution in [3.63, 3.8) is 0 Å². The van der Waals surface area contributed by atoms with Gasteiger partial charge in [-0.25, -0.2) is 23.1 Å². The average molecular weight is 377 g/mol. The summed E-state index contributed by atoms with van der Waals surface area (Å²) in [5.74, 6) is 1.02. The van der Waals surface area contributed by atoms with Crippen LogP contribution in [-0.2, 0) is 6.54 Å². The Morgan fingerprint density at radius 1 is 1.22 bits per heavy atom. The zero-order valence-electron chi connectivity index (χ0n) is 15.2. The van der Waals surface area contributed by atoms with Crippen LogP contribution in [0, 0.1) is 5.82 Å². The van der Waals surface area contributed by atoms with Gasteiger partial charge in [-0.1, -0.05) is 0 Å². The minimum absolute atomic E-state index is 0.139. The Labute approximate surface area is 156 Å². The van der Waals surface area contributed by atoms with Crippen molar-refractivity contribution in [3.8, 4) is 0 Å². The maximum absolute atomic E-state index is 13.9. The first-order valence-electron chi connectivity index (χ1n) is 9.25. The lowest BCUT2D eigenvalue weighted by Crippen LogP contribution is -2.51. The van der Waals surface area contributed by atoms with Crippen LogP contribution in [0.1, 0.15) is 49.2 Å². The predicted molar refractivity (Wildman–Crippen MR) is 95.2 cm³/mol. The molecule has 8 heteroatoms. The summed E-state index contributed by atoms with van der Waals surface area (Å²) in [6.45, 7) is 4.57. The van der Waals surface area contributed by atoms with Gasteiger partial charge in [-0.05, 0) is 25.8 Å². The Morgan fingerprint density at radius 3 is 2.70 bits per heavy atom. The van der Waals surface area contributed by atoms with Crippen molar-refractivity contribution in [1.29, 1.82) is 0 Å². The van der Waals surface area contributed by atoms with Gasteiger partial charge in [0.25, 0.3) is 6.43 Å². The molecule has 144 valence electrons. The average Bonchev–Trinajstić information content (AvgIpc) is 3.50. The topological polar surface area (TPSA) is 45.2 Å². The molecular weight excluding hydrogens is 355 g/mol. The van der Waals surface area contributed by atoms with E-state index in [1.54, 1.807) is 12.3 Å². The molecule has 0 spiro atoms. The molecule has 0 radical (unpaired) electrons. The van der Waals surface area contributed by atoms with Gasteiger partial charge in [-0.15, -0.1) is 0 Å². The molecule has 27 heavy (non-hydrogen) atoms. The second kappa shape index (κ2) is 7.42. The molecule has 1 aliphatic heterocycles. The molecule has 3 heterocycles. The third-order valence-electron chi connectivity index (χ3n) is 5.23. The van der Waals surface area contributed by atoms with Crippen molar-refractivity contribution < 1.29 is 13.2 Å². The first kappa shape index (κ1) is 18.2. The van der Waals surface area contributed by atoms with Crippen LogP contribution >= 0.6 is 0 Å². The lowest BCUT2D eigenvalue weighted by Gasteiger charge is -2.40. The monoisotopic (exact) mass is 377 g/mol. The summed E-state index contributed by atoms with van der Waals surface area (Å²) in [4.78, 5) is 16.6. The SMILES string of the molecule is CC1CN(c2cc(C(F)F)nc(C3CC3)n2)CCN1Cc1ccncc1F. The van der Waals surface area contributed by atoms with E-state index < -0.39 is 6.43 Å². The molecule has 2 fully saturated rings. The van der Waals surface area contributed by atoms with E-state index in [2.05, 4.69) is 26.8 Å². The fourth-order valence-electron chi connectivity index (χ4n) is 3.46. The molecule has 1 saturated heterocycles. The number of pyridine rings is 1.